The van der Waals surface area contributed by atoms with E-state index in [4.69, 9.17) is 4.74 Å². The van der Waals surface area contributed by atoms with Crippen molar-refractivity contribution in [2.75, 3.05) is 12.0 Å². The van der Waals surface area contributed by atoms with Gasteiger partial charge in [-0.25, -0.2) is 0 Å². The molecule has 158 valence electrons. The van der Waals surface area contributed by atoms with Crippen LogP contribution in [0.5, 0.6) is 5.75 Å². The molecule has 0 saturated carbocycles. The number of hydrogen-bond donors (Lipinski definition) is 1. The quantitative estimate of drug-likeness (QED) is 0.377. The van der Waals surface area contributed by atoms with Crippen LogP contribution in [0.15, 0.2) is 48.0 Å². The minimum atomic E-state index is -0.859. The molecule has 1 aliphatic heterocycles. The molecular formula is C23H21N3O4S. The molecule has 2 aromatic carbocycles. The summed E-state index contributed by atoms with van der Waals surface area (Å²) in [7, 11) is 1.54. The van der Waals surface area contributed by atoms with Gasteiger partial charge in [0.2, 0.25) is 5.13 Å². The fraction of sp³-hybridized carbons (Fsp3) is 0.217. The van der Waals surface area contributed by atoms with Gasteiger partial charge in [0.05, 0.1) is 18.7 Å². The molecule has 3 aromatic rings. The van der Waals surface area contributed by atoms with Crippen LogP contribution in [0.2, 0.25) is 0 Å². The van der Waals surface area contributed by atoms with E-state index in [0.717, 1.165) is 11.1 Å². The molecule has 4 rings (SSSR count). The van der Waals surface area contributed by atoms with Crippen molar-refractivity contribution in [1.82, 2.24) is 10.2 Å². The number of aliphatic hydroxyl groups excluding tert-OH is 1. The summed E-state index contributed by atoms with van der Waals surface area (Å²) < 4.78 is 5.34. The number of benzene rings is 2. The number of nitrogens with zero attached hydrogens (tertiary/aromatic N) is 3. The highest BCUT2D eigenvalue weighted by Gasteiger charge is 2.48. The second kappa shape index (κ2) is 7.96. The fourth-order valence-corrected chi connectivity index (χ4v) is 4.39. The number of carbonyl (C=O) groups excluding carboxylic acids is 2. The van der Waals surface area contributed by atoms with Crippen molar-refractivity contribution >= 4 is 33.9 Å². The van der Waals surface area contributed by atoms with Crippen molar-refractivity contribution in [2.24, 2.45) is 0 Å². The zero-order valence-corrected chi connectivity index (χ0v) is 18.4. The fourth-order valence-electron chi connectivity index (χ4n) is 3.68. The van der Waals surface area contributed by atoms with Crippen molar-refractivity contribution < 1.29 is 19.4 Å². The van der Waals surface area contributed by atoms with Crippen molar-refractivity contribution in [1.29, 1.82) is 0 Å². The van der Waals surface area contributed by atoms with Gasteiger partial charge in [-0.3, -0.25) is 14.5 Å². The average Bonchev–Trinajstić information content (AvgIpc) is 3.30. The largest absolute Gasteiger partial charge is 0.507 e. The predicted octanol–water partition coefficient (Wildman–Crippen LogP) is 4.10. The van der Waals surface area contributed by atoms with Gasteiger partial charge in [0.15, 0.2) is 0 Å². The third-order valence-electron chi connectivity index (χ3n) is 5.22. The number of carbonyl (C=O) groups is 2. The Morgan fingerprint density at radius 2 is 1.87 bits per heavy atom. The first kappa shape index (κ1) is 20.7. The van der Waals surface area contributed by atoms with Crippen LogP contribution in [0.3, 0.4) is 0 Å². The Balaban J connectivity index is 1.99. The highest BCUT2D eigenvalue weighted by Crippen LogP contribution is 2.43. The number of aromatic nitrogens is 2. The Morgan fingerprint density at radius 1 is 1.10 bits per heavy atom. The third-order valence-corrected chi connectivity index (χ3v) is 6.06. The summed E-state index contributed by atoms with van der Waals surface area (Å²) in [5.41, 5.74) is 2.88. The van der Waals surface area contributed by atoms with Crippen LogP contribution in [-0.4, -0.2) is 34.1 Å². The molecule has 8 heteroatoms. The van der Waals surface area contributed by atoms with E-state index in [-0.39, 0.29) is 11.3 Å². The molecule has 1 unspecified atom stereocenters. The zero-order valence-electron chi connectivity index (χ0n) is 17.5. The van der Waals surface area contributed by atoms with Gasteiger partial charge in [-0.1, -0.05) is 41.2 Å². The van der Waals surface area contributed by atoms with E-state index in [1.54, 1.807) is 44.4 Å². The topological polar surface area (TPSA) is 92.6 Å². The maximum atomic E-state index is 13.2. The lowest BCUT2D eigenvalue weighted by molar-refractivity contribution is -0.132. The highest BCUT2D eigenvalue weighted by atomic mass is 32.1. The maximum absolute atomic E-state index is 13.2. The van der Waals surface area contributed by atoms with Crippen molar-refractivity contribution in [3.63, 3.8) is 0 Å². The number of amides is 1. The van der Waals surface area contributed by atoms with Gasteiger partial charge in [-0.2, -0.15) is 0 Å². The number of hydrogen-bond acceptors (Lipinski definition) is 7. The molecular weight excluding hydrogens is 414 g/mol. The van der Waals surface area contributed by atoms with Crippen LogP contribution in [0.1, 0.15) is 33.3 Å². The molecule has 0 aliphatic carbocycles. The second-order valence-corrected chi connectivity index (χ2v) is 8.53. The molecule has 2 heterocycles. The number of aliphatic hydroxyl groups is 1. The standard InChI is InChI=1S/C23H21N3O4S/c1-12-8-9-13(2)17(10-12)20(27)18-19(15-6-5-7-16(11-15)30-4)26(22(29)21(18)28)23-25-24-14(3)31-23/h5-11,19,27H,1-4H3/b20-18+. The van der Waals surface area contributed by atoms with Gasteiger partial charge >= 0.3 is 5.91 Å². The average molecular weight is 436 g/mol. The zero-order chi connectivity index (χ0) is 22.3. The minimum absolute atomic E-state index is 0.0137. The Kier molecular flexibility index (Phi) is 5.32. The third kappa shape index (κ3) is 3.59. The van der Waals surface area contributed by atoms with E-state index in [1.165, 1.54) is 16.2 Å². The Labute approximate surface area is 183 Å². The highest BCUT2D eigenvalue weighted by molar-refractivity contribution is 7.15. The molecule has 0 spiro atoms. The summed E-state index contributed by atoms with van der Waals surface area (Å²) in [6, 6.07) is 11.8. The lowest BCUT2D eigenvalue weighted by atomic mass is 9.93. The van der Waals surface area contributed by atoms with E-state index in [1.807, 2.05) is 26.0 Å². The molecule has 1 saturated heterocycles. The maximum Gasteiger partial charge on any atom is 0.301 e. The van der Waals surface area contributed by atoms with E-state index in [2.05, 4.69) is 10.2 Å². The lowest BCUT2D eigenvalue weighted by Crippen LogP contribution is -2.29. The minimum Gasteiger partial charge on any atom is -0.507 e. The summed E-state index contributed by atoms with van der Waals surface area (Å²) >= 11 is 1.21. The summed E-state index contributed by atoms with van der Waals surface area (Å²) in [6.45, 7) is 5.52. The van der Waals surface area contributed by atoms with Gasteiger partial charge < -0.3 is 9.84 Å². The molecule has 0 radical (unpaired) electrons. The summed E-state index contributed by atoms with van der Waals surface area (Å²) in [6.07, 6.45) is 0. The summed E-state index contributed by atoms with van der Waals surface area (Å²) in [5.74, 6) is -1.16. The SMILES string of the molecule is COc1cccc(C2/C(=C(\O)c3cc(C)ccc3C)C(=O)C(=O)N2c2nnc(C)s2)c1. The molecule has 31 heavy (non-hydrogen) atoms. The Bertz CT molecular complexity index is 1230. The van der Waals surface area contributed by atoms with Crippen LogP contribution in [0.25, 0.3) is 5.76 Å². The summed E-state index contributed by atoms with van der Waals surface area (Å²) in [5, 5.41) is 20.3. The smallest absolute Gasteiger partial charge is 0.301 e. The summed E-state index contributed by atoms with van der Waals surface area (Å²) in [4.78, 5) is 27.6. The Morgan fingerprint density at radius 3 is 2.55 bits per heavy atom. The molecule has 0 bridgehead atoms. The van der Waals surface area contributed by atoms with Crippen LogP contribution in [-0.2, 0) is 9.59 Å². The normalized spacial score (nSPS) is 17.9. The molecule has 1 aliphatic rings. The number of anilines is 1. The number of ketones is 1. The van der Waals surface area contributed by atoms with E-state index < -0.39 is 17.7 Å². The lowest BCUT2D eigenvalue weighted by Gasteiger charge is -2.23. The molecule has 1 aromatic heterocycles. The van der Waals surface area contributed by atoms with Gasteiger partial charge in [0.1, 0.15) is 16.5 Å². The molecule has 1 N–H and O–H groups in total. The van der Waals surface area contributed by atoms with Gasteiger partial charge in [0.25, 0.3) is 5.78 Å². The number of Topliss-reactive ketones (excluding diaryl/α,β-unsaturated/α-hetero) is 1. The first-order valence-electron chi connectivity index (χ1n) is 9.64. The Hall–Kier alpha value is -3.52. The van der Waals surface area contributed by atoms with E-state index in [9.17, 15) is 14.7 Å². The van der Waals surface area contributed by atoms with Gasteiger partial charge in [-0.15, -0.1) is 10.2 Å². The first-order valence-corrected chi connectivity index (χ1v) is 10.5. The van der Waals surface area contributed by atoms with Crippen LogP contribution in [0.4, 0.5) is 5.13 Å². The predicted molar refractivity (Wildman–Crippen MR) is 118 cm³/mol. The number of rotatable bonds is 4. The van der Waals surface area contributed by atoms with E-state index >= 15 is 0 Å². The van der Waals surface area contributed by atoms with Crippen LogP contribution in [0, 0.1) is 20.8 Å². The van der Waals surface area contributed by atoms with Crippen molar-refractivity contribution in [3.8, 4) is 5.75 Å². The molecule has 1 atom stereocenters. The molecule has 1 fully saturated rings. The number of aryl methyl sites for hydroxylation is 3. The van der Waals surface area contributed by atoms with Crippen LogP contribution < -0.4 is 9.64 Å². The van der Waals surface area contributed by atoms with Gasteiger partial charge in [0, 0.05) is 5.56 Å². The first-order chi connectivity index (χ1) is 14.8. The number of ether oxygens (including phenoxy) is 1. The van der Waals surface area contributed by atoms with Crippen molar-refractivity contribution in [2.45, 2.75) is 26.8 Å². The van der Waals surface area contributed by atoms with Gasteiger partial charge in [-0.05, 0) is 50.1 Å². The van der Waals surface area contributed by atoms with E-state index in [0.29, 0.717) is 27.0 Å². The monoisotopic (exact) mass is 435 g/mol. The molecule has 1 amide bonds. The van der Waals surface area contributed by atoms with Crippen molar-refractivity contribution in [3.05, 3.63) is 75.3 Å². The molecule has 7 nitrogen and oxygen atoms in total. The second-order valence-electron chi connectivity index (χ2n) is 7.37. The van der Waals surface area contributed by atoms with Crippen LogP contribution >= 0.6 is 11.3 Å². The number of methoxy groups -OCH3 is 1.